The quantitative estimate of drug-likeness (QED) is 0.850. The van der Waals surface area contributed by atoms with E-state index in [1.54, 1.807) is 7.11 Å². The molecule has 0 aliphatic carbocycles. The number of thioether (sulfide) groups is 1. The van der Waals surface area contributed by atoms with Crippen LogP contribution in [0.1, 0.15) is 19.2 Å². The molecule has 1 heterocycles. The second-order valence-corrected chi connectivity index (χ2v) is 5.41. The number of ether oxygens (including phenoxy) is 1. The van der Waals surface area contributed by atoms with E-state index in [1.807, 2.05) is 18.2 Å². The topological polar surface area (TPSA) is 64.4 Å². The summed E-state index contributed by atoms with van der Waals surface area (Å²) in [5.74, 6) is 1.60. The van der Waals surface area contributed by atoms with Crippen LogP contribution in [0.3, 0.4) is 0 Å². The number of fused-ring (bicyclic) bond motifs is 1. The maximum atomic E-state index is 10.6. The molecule has 0 bridgehead atoms. The highest BCUT2D eigenvalue weighted by Gasteiger charge is 2.11. The lowest BCUT2D eigenvalue weighted by Gasteiger charge is -2.07. The fourth-order valence-electron chi connectivity index (χ4n) is 2.10. The lowest BCUT2D eigenvalue weighted by atomic mass is 10.3. The van der Waals surface area contributed by atoms with Gasteiger partial charge in [-0.2, -0.15) is 0 Å². The van der Waals surface area contributed by atoms with Gasteiger partial charge in [-0.3, -0.25) is 4.79 Å². The number of carboxylic acids is 1. The van der Waals surface area contributed by atoms with Gasteiger partial charge >= 0.3 is 5.97 Å². The van der Waals surface area contributed by atoms with Gasteiger partial charge in [0.2, 0.25) is 0 Å². The van der Waals surface area contributed by atoms with Crippen LogP contribution in [0.15, 0.2) is 18.2 Å². The summed E-state index contributed by atoms with van der Waals surface area (Å²) in [5.41, 5.74) is 1.96. The highest BCUT2D eigenvalue weighted by molar-refractivity contribution is 7.99. The predicted molar refractivity (Wildman–Crippen MR) is 80.4 cm³/mol. The van der Waals surface area contributed by atoms with Crippen molar-refractivity contribution in [3.8, 4) is 5.75 Å². The Morgan fingerprint density at radius 3 is 2.95 bits per heavy atom. The van der Waals surface area contributed by atoms with Gasteiger partial charge in [0.25, 0.3) is 0 Å². The van der Waals surface area contributed by atoms with Crippen LogP contribution in [-0.2, 0) is 17.1 Å². The Morgan fingerprint density at radius 2 is 2.30 bits per heavy atom. The Hall–Kier alpha value is -1.69. The molecule has 5 nitrogen and oxygen atoms in total. The molecule has 20 heavy (non-hydrogen) atoms. The zero-order valence-corrected chi connectivity index (χ0v) is 12.4. The number of rotatable bonds is 7. The van der Waals surface area contributed by atoms with Crippen molar-refractivity contribution in [2.45, 2.75) is 25.6 Å². The molecule has 108 valence electrons. The van der Waals surface area contributed by atoms with Crippen molar-refractivity contribution in [3.05, 3.63) is 24.0 Å². The smallest absolute Gasteiger partial charge is 0.313 e. The molecular formula is C14H18N2O3S. The van der Waals surface area contributed by atoms with Crippen molar-refractivity contribution < 1.29 is 14.6 Å². The fraction of sp³-hybridized carbons (Fsp3) is 0.429. The number of nitrogens with zero attached hydrogens (tertiary/aromatic N) is 2. The van der Waals surface area contributed by atoms with Crippen LogP contribution in [0.25, 0.3) is 11.0 Å². The number of hydrogen-bond donors (Lipinski definition) is 1. The van der Waals surface area contributed by atoms with Gasteiger partial charge in [0.15, 0.2) is 0 Å². The molecule has 0 atom stereocenters. The summed E-state index contributed by atoms with van der Waals surface area (Å²) in [4.78, 5) is 15.2. The lowest BCUT2D eigenvalue weighted by Crippen LogP contribution is -2.04. The van der Waals surface area contributed by atoms with E-state index in [4.69, 9.17) is 9.84 Å². The molecule has 0 aliphatic rings. The molecule has 2 rings (SSSR count). The number of hydrogen-bond acceptors (Lipinski definition) is 4. The molecule has 0 spiro atoms. The second-order valence-electron chi connectivity index (χ2n) is 4.42. The van der Waals surface area contributed by atoms with Crippen molar-refractivity contribution >= 4 is 28.8 Å². The molecule has 1 aromatic carbocycles. The summed E-state index contributed by atoms with van der Waals surface area (Å²) in [5, 5.41) is 8.71. The summed E-state index contributed by atoms with van der Waals surface area (Å²) >= 11 is 1.37. The van der Waals surface area contributed by atoms with Gasteiger partial charge in [0.1, 0.15) is 11.6 Å². The summed E-state index contributed by atoms with van der Waals surface area (Å²) < 4.78 is 7.37. The Bertz CT molecular complexity index is 610. The number of carbonyl (C=O) groups is 1. The number of methoxy groups -OCH3 is 1. The molecule has 0 fully saturated rings. The van der Waals surface area contributed by atoms with Crippen molar-refractivity contribution in [3.63, 3.8) is 0 Å². The third-order valence-electron chi connectivity index (χ3n) is 2.94. The second kappa shape index (κ2) is 6.65. The van der Waals surface area contributed by atoms with E-state index < -0.39 is 5.97 Å². The van der Waals surface area contributed by atoms with E-state index in [0.717, 1.165) is 35.6 Å². The van der Waals surface area contributed by atoms with E-state index >= 15 is 0 Å². The average Bonchev–Trinajstić information content (AvgIpc) is 2.76. The Labute approximate surface area is 121 Å². The van der Waals surface area contributed by atoms with Gasteiger partial charge in [0.05, 0.1) is 29.6 Å². The van der Waals surface area contributed by atoms with E-state index in [2.05, 4.69) is 16.5 Å². The normalized spacial score (nSPS) is 10.9. The van der Waals surface area contributed by atoms with Gasteiger partial charge < -0.3 is 14.4 Å². The van der Waals surface area contributed by atoms with Gasteiger partial charge in [-0.05, 0) is 18.6 Å². The number of benzene rings is 1. The SMILES string of the molecule is CCCn1c(CSCC(=O)O)nc2cc(OC)ccc21. The minimum Gasteiger partial charge on any atom is -0.497 e. The minimum absolute atomic E-state index is 0.0959. The zero-order chi connectivity index (χ0) is 14.5. The Morgan fingerprint density at radius 1 is 1.50 bits per heavy atom. The molecule has 1 aromatic heterocycles. The maximum Gasteiger partial charge on any atom is 0.313 e. The van der Waals surface area contributed by atoms with E-state index in [-0.39, 0.29) is 5.75 Å². The van der Waals surface area contributed by atoms with Crippen molar-refractivity contribution in [1.29, 1.82) is 0 Å². The van der Waals surface area contributed by atoms with Gasteiger partial charge in [0, 0.05) is 12.6 Å². The van der Waals surface area contributed by atoms with Crippen molar-refractivity contribution in [1.82, 2.24) is 9.55 Å². The molecule has 2 aromatic rings. The van der Waals surface area contributed by atoms with Crippen LogP contribution in [-0.4, -0.2) is 33.5 Å². The molecule has 0 radical (unpaired) electrons. The first-order valence-electron chi connectivity index (χ1n) is 6.48. The number of imidazole rings is 1. The highest BCUT2D eigenvalue weighted by Crippen LogP contribution is 2.24. The van der Waals surface area contributed by atoms with Crippen molar-refractivity contribution in [2.24, 2.45) is 0 Å². The molecule has 0 unspecified atom stereocenters. The summed E-state index contributed by atoms with van der Waals surface area (Å²) in [6.07, 6.45) is 1.01. The van der Waals surface area contributed by atoms with Crippen molar-refractivity contribution in [2.75, 3.05) is 12.9 Å². The molecule has 6 heteroatoms. The molecule has 1 N–H and O–H groups in total. The van der Waals surface area contributed by atoms with Gasteiger partial charge in [-0.15, -0.1) is 11.8 Å². The Balaban J connectivity index is 2.31. The minimum atomic E-state index is -0.796. The van der Waals surface area contributed by atoms with Gasteiger partial charge in [-0.25, -0.2) is 4.98 Å². The van der Waals surface area contributed by atoms with Crippen LogP contribution in [0.4, 0.5) is 0 Å². The number of aryl methyl sites for hydroxylation is 1. The standard InChI is InChI=1S/C14H18N2O3S/c1-3-6-16-12-5-4-10(19-2)7-11(12)15-13(16)8-20-9-14(17)18/h4-5,7H,3,6,8-9H2,1-2H3,(H,17,18). The van der Waals surface area contributed by atoms with Crippen LogP contribution in [0.2, 0.25) is 0 Å². The molecule has 0 amide bonds. The van der Waals surface area contributed by atoms with Crippen LogP contribution >= 0.6 is 11.8 Å². The molecule has 0 aliphatic heterocycles. The number of aliphatic carboxylic acids is 1. The maximum absolute atomic E-state index is 10.6. The number of carboxylic acid groups (broad SMARTS) is 1. The van der Waals surface area contributed by atoms with Gasteiger partial charge in [-0.1, -0.05) is 6.92 Å². The van der Waals surface area contributed by atoms with E-state index in [0.29, 0.717) is 5.75 Å². The monoisotopic (exact) mass is 294 g/mol. The largest absolute Gasteiger partial charge is 0.497 e. The fourth-order valence-corrected chi connectivity index (χ4v) is 2.78. The zero-order valence-electron chi connectivity index (χ0n) is 11.6. The van der Waals surface area contributed by atoms with Crippen LogP contribution in [0.5, 0.6) is 5.75 Å². The number of aromatic nitrogens is 2. The molecular weight excluding hydrogens is 276 g/mol. The van der Waals surface area contributed by atoms with E-state index in [1.165, 1.54) is 11.8 Å². The Kier molecular flexibility index (Phi) is 4.89. The summed E-state index contributed by atoms with van der Waals surface area (Å²) in [6.45, 7) is 3.00. The first-order valence-corrected chi connectivity index (χ1v) is 7.64. The first kappa shape index (κ1) is 14.7. The summed E-state index contributed by atoms with van der Waals surface area (Å²) in [6, 6.07) is 5.83. The van der Waals surface area contributed by atoms with E-state index in [9.17, 15) is 4.79 Å². The highest BCUT2D eigenvalue weighted by atomic mass is 32.2. The molecule has 0 saturated carbocycles. The third kappa shape index (κ3) is 3.25. The summed E-state index contributed by atoms with van der Waals surface area (Å²) in [7, 11) is 1.63. The predicted octanol–water partition coefficient (Wildman–Crippen LogP) is 2.77. The first-order chi connectivity index (χ1) is 9.65. The lowest BCUT2D eigenvalue weighted by molar-refractivity contribution is -0.133. The molecule has 0 saturated heterocycles. The third-order valence-corrected chi connectivity index (χ3v) is 3.85. The average molecular weight is 294 g/mol. The van der Waals surface area contributed by atoms with Crippen LogP contribution in [0, 0.1) is 0 Å². The van der Waals surface area contributed by atoms with Crippen LogP contribution < -0.4 is 4.74 Å².